The quantitative estimate of drug-likeness (QED) is 0.560. The van der Waals surface area contributed by atoms with Gasteiger partial charge in [-0.2, -0.15) is 9.40 Å². The number of hydrogen-bond donors (Lipinski definition) is 0. The molecule has 1 aliphatic rings. The van der Waals surface area contributed by atoms with E-state index < -0.39 is 19.9 Å². The molecule has 2 aromatic rings. The summed E-state index contributed by atoms with van der Waals surface area (Å²) in [6.07, 6.45) is 1.89. The number of likely N-dealkylation sites (N-methyl/N-ethyl adjacent to an activating group) is 1. The van der Waals surface area contributed by atoms with E-state index in [1.807, 2.05) is 0 Å². The summed E-state index contributed by atoms with van der Waals surface area (Å²) in [6, 6.07) is 3.02. The van der Waals surface area contributed by atoms with Crippen LogP contribution in [0.25, 0.3) is 0 Å². The van der Waals surface area contributed by atoms with Crippen LogP contribution in [0.4, 0.5) is 0 Å². The average Bonchev–Trinajstić information content (AvgIpc) is 3.36. The number of hydrogen-bond acceptors (Lipinski definition) is 7. The maximum absolute atomic E-state index is 13.1. The Hall–Kier alpha value is -2.18. The minimum Gasteiger partial charge on any atom is -0.468 e. The predicted octanol–water partition coefficient (Wildman–Crippen LogP) is 0.949. The molecule has 2 aromatic heterocycles. The fourth-order valence-corrected chi connectivity index (χ4v) is 7.18. The molecule has 172 valence electrons. The lowest BCUT2D eigenvalue weighted by Gasteiger charge is -2.27. The Morgan fingerprint density at radius 3 is 2.61 bits per heavy atom. The molecule has 0 unspecified atom stereocenters. The second-order valence-corrected chi connectivity index (χ2v) is 11.9. The molecule has 1 saturated heterocycles. The Kier molecular flexibility index (Phi) is 6.63. The molecular weight excluding hydrogens is 444 g/mol. The summed E-state index contributed by atoms with van der Waals surface area (Å²) < 4.78 is 57.7. The van der Waals surface area contributed by atoms with Crippen molar-refractivity contribution in [2.24, 2.45) is 0 Å². The van der Waals surface area contributed by atoms with Gasteiger partial charge in [0, 0.05) is 19.6 Å². The van der Waals surface area contributed by atoms with Crippen LogP contribution in [0.15, 0.2) is 27.7 Å². The van der Waals surface area contributed by atoms with Crippen molar-refractivity contribution in [3.05, 3.63) is 35.5 Å². The van der Waals surface area contributed by atoms with Crippen LogP contribution in [0.1, 0.15) is 30.5 Å². The van der Waals surface area contributed by atoms with E-state index in [0.717, 1.165) is 0 Å². The normalized spacial score (nSPS) is 18.5. The van der Waals surface area contributed by atoms with Crippen LogP contribution in [0.3, 0.4) is 0 Å². The Bertz CT molecular complexity index is 1150. The second-order valence-electron chi connectivity index (χ2n) is 7.73. The lowest BCUT2D eigenvalue weighted by molar-refractivity contribution is -0.133. The van der Waals surface area contributed by atoms with E-state index in [4.69, 9.17) is 4.42 Å². The zero-order valence-electron chi connectivity index (χ0n) is 18.1. The van der Waals surface area contributed by atoms with Crippen LogP contribution in [0.5, 0.6) is 0 Å². The molecule has 0 bridgehead atoms. The molecule has 1 amide bonds. The van der Waals surface area contributed by atoms with Crippen molar-refractivity contribution in [2.75, 3.05) is 25.1 Å². The number of sulfone groups is 1. The number of sulfonamides is 1. The maximum atomic E-state index is 13.1. The van der Waals surface area contributed by atoms with Crippen LogP contribution >= 0.6 is 0 Å². The van der Waals surface area contributed by atoms with Gasteiger partial charge in [0.05, 0.1) is 35.7 Å². The molecule has 3 rings (SSSR count). The van der Waals surface area contributed by atoms with Crippen LogP contribution in [-0.4, -0.2) is 72.9 Å². The zero-order valence-corrected chi connectivity index (χ0v) is 19.7. The number of carbonyl (C=O) groups is 1. The summed E-state index contributed by atoms with van der Waals surface area (Å²) in [7, 11) is -5.53. The lowest BCUT2D eigenvalue weighted by Crippen LogP contribution is -2.42. The summed E-state index contributed by atoms with van der Waals surface area (Å²) in [5.74, 6) is 0.254. The smallest absolute Gasteiger partial charge is 0.246 e. The van der Waals surface area contributed by atoms with Gasteiger partial charge in [0.15, 0.2) is 9.84 Å². The van der Waals surface area contributed by atoms with Crippen LogP contribution < -0.4 is 0 Å². The molecule has 0 spiro atoms. The molecule has 12 heteroatoms. The van der Waals surface area contributed by atoms with E-state index in [2.05, 4.69) is 5.10 Å². The zero-order chi connectivity index (χ0) is 23.0. The van der Waals surface area contributed by atoms with Crippen molar-refractivity contribution < 1.29 is 26.0 Å². The number of carbonyl (C=O) groups excluding carboxylic acids is 1. The second kappa shape index (κ2) is 8.75. The lowest BCUT2D eigenvalue weighted by atomic mass is 10.2. The predicted molar refractivity (Wildman–Crippen MR) is 114 cm³/mol. The van der Waals surface area contributed by atoms with E-state index in [-0.39, 0.29) is 41.4 Å². The van der Waals surface area contributed by atoms with Crippen LogP contribution in [-0.2, 0) is 37.7 Å². The number of nitrogens with zero attached hydrogens (tertiary/aromatic N) is 4. The average molecular weight is 473 g/mol. The molecule has 0 N–H and O–H groups in total. The highest BCUT2D eigenvalue weighted by atomic mass is 32.2. The molecule has 0 radical (unpaired) electrons. The van der Waals surface area contributed by atoms with Gasteiger partial charge in [-0.1, -0.05) is 0 Å². The van der Waals surface area contributed by atoms with Gasteiger partial charge in [-0.3, -0.25) is 9.48 Å². The Morgan fingerprint density at radius 1 is 1.35 bits per heavy atom. The first-order chi connectivity index (χ1) is 14.5. The van der Waals surface area contributed by atoms with Crippen molar-refractivity contribution in [3.8, 4) is 0 Å². The highest BCUT2D eigenvalue weighted by Crippen LogP contribution is 2.25. The highest BCUT2D eigenvalue weighted by Gasteiger charge is 2.35. The minimum absolute atomic E-state index is 0.0408. The van der Waals surface area contributed by atoms with Gasteiger partial charge in [0.25, 0.3) is 0 Å². The van der Waals surface area contributed by atoms with Gasteiger partial charge in [-0.15, -0.1) is 0 Å². The summed E-state index contributed by atoms with van der Waals surface area (Å²) >= 11 is 0. The number of amides is 1. The van der Waals surface area contributed by atoms with E-state index in [1.54, 1.807) is 32.9 Å². The monoisotopic (exact) mass is 472 g/mol. The van der Waals surface area contributed by atoms with E-state index in [1.165, 1.54) is 27.2 Å². The first kappa shape index (κ1) is 23.5. The maximum Gasteiger partial charge on any atom is 0.246 e. The molecule has 10 nitrogen and oxygen atoms in total. The summed E-state index contributed by atoms with van der Waals surface area (Å²) in [5, 5.41) is 4.29. The topological polar surface area (TPSA) is 123 Å². The highest BCUT2D eigenvalue weighted by molar-refractivity contribution is 7.91. The number of rotatable bonds is 8. The van der Waals surface area contributed by atoms with Gasteiger partial charge in [0.2, 0.25) is 15.9 Å². The molecular formula is C19H28N4O6S2. The third-order valence-corrected chi connectivity index (χ3v) is 9.34. The fourth-order valence-electron chi connectivity index (χ4n) is 3.95. The first-order valence-electron chi connectivity index (χ1n) is 9.99. The largest absolute Gasteiger partial charge is 0.468 e. The number of aryl methyl sites for hydroxylation is 1. The van der Waals surface area contributed by atoms with E-state index in [0.29, 0.717) is 30.1 Å². The SMILES string of the molecule is CCN(C(=O)Cn1nc(C)c(S(=O)(=O)N(C)Cc2ccco2)c1C)[C@H]1CCS(=O)(=O)C1. The van der Waals surface area contributed by atoms with Crippen molar-refractivity contribution in [1.29, 1.82) is 0 Å². The Balaban J connectivity index is 1.81. The third-order valence-electron chi connectivity index (χ3n) is 5.54. The van der Waals surface area contributed by atoms with Crippen molar-refractivity contribution >= 4 is 25.8 Å². The third kappa shape index (κ3) is 4.85. The van der Waals surface area contributed by atoms with E-state index >= 15 is 0 Å². The van der Waals surface area contributed by atoms with Crippen LogP contribution in [0, 0.1) is 13.8 Å². The molecule has 31 heavy (non-hydrogen) atoms. The number of aromatic nitrogens is 2. The van der Waals surface area contributed by atoms with Crippen LogP contribution in [0.2, 0.25) is 0 Å². The van der Waals surface area contributed by atoms with Gasteiger partial charge in [0.1, 0.15) is 17.2 Å². The standard InChI is InChI=1S/C19H28N4O6S2/c1-5-22(16-8-10-30(25,26)13-16)18(24)12-23-15(3)19(14(2)20-23)31(27,28)21(4)11-17-7-6-9-29-17/h6-7,9,16H,5,8,10-13H2,1-4H3/t16-/m0/s1. The van der Waals surface area contributed by atoms with Gasteiger partial charge < -0.3 is 9.32 Å². The molecule has 0 aliphatic carbocycles. The molecule has 1 fully saturated rings. The Labute approximate surface area is 182 Å². The van der Waals surface area contributed by atoms with Crippen molar-refractivity contribution in [2.45, 2.75) is 51.2 Å². The fraction of sp³-hybridized carbons (Fsp3) is 0.579. The summed E-state index contributed by atoms with van der Waals surface area (Å²) in [6.45, 7) is 5.27. The molecule has 3 heterocycles. The Morgan fingerprint density at radius 2 is 2.06 bits per heavy atom. The number of furan rings is 1. The minimum atomic E-state index is -3.86. The van der Waals surface area contributed by atoms with Gasteiger partial charge in [-0.25, -0.2) is 16.8 Å². The molecule has 0 aromatic carbocycles. The molecule has 0 saturated carbocycles. The van der Waals surface area contributed by atoms with Crippen molar-refractivity contribution in [3.63, 3.8) is 0 Å². The van der Waals surface area contributed by atoms with Gasteiger partial charge in [-0.05, 0) is 39.3 Å². The molecule has 1 atom stereocenters. The van der Waals surface area contributed by atoms with Gasteiger partial charge >= 0.3 is 0 Å². The summed E-state index contributed by atoms with van der Waals surface area (Å²) in [4.78, 5) is 14.5. The summed E-state index contributed by atoms with van der Waals surface area (Å²) in [5.41, 5.74) is 0.648. The first-order valence-corrected chi connectivity index (χ1v) is 13.2. The molecule has 1 aliphatic heterocycles. The van der Waals surface area contributed by atoms with E-state index in [9.17, 15) is 21.6 Å². The van der Waals surface area contributed by atoms with Crippen molar-refractivity contribution in [1.82, 2.24) is 19.0 Å².